The molecule has 110 valence electrons. The second-order valence-electron chi connectivity index (χ2n) is 5.12. The summed E-state index contributed by atoms with van der Waals surface area (Å²) in [6.07, 6.45) is 3.99. The number of ether oxygens (including phenoxy) is 1. The highest BCUT2D eigenvalue weighted by atomic mass is 32.2. The van der Waals surface area contributed by atoms with Gasteiger partial charge in [-0.15, -0.1) is 0 Å². The van der Waals surface area contributed by atoms with Crippen LogP contribution in [0.5, 0.6) is 0 Å². The number of pyridine rings is 1. The summed E-state index contributed by atoms with van der Waals surface area (Å²) in [5.74, 6) is 0.989. The molecule has 7 heteroatoms. The average Bonchev–Trinajstić information content (AvgIpc) is 3.02. The fraction of sp³-hybridized carbons (Fsp3) is 0.615. The van der Waals surface area contributed by atoms with E-state index in [-0.39, 0.29) is 0 Å². The Bertz CT molecular complexity index is 547. The van der Waals surface area contributed by atoms with E-state index in [2.05, 4.69) is 9.88 Å². The largest absolute Gasteiger partial charge is 0.379 e. The standard InChI is InChI=1S/C13H19N3O3S/c17-20(18,16-7-9-19-10-8-16)12-3-4-13(14-11-12)15-5-1-2-6-15/h3-4,11H,1-2,5-10H2/p+1. The number of sulfonamides is 1. The third-order valence-electron chi connectivity index (χ3n) is 3.82. The zero-order chi connectivity index (χ0) is 14.0. The van der Waals surface area contributed by atoms with Gasteiger partial charge in [0.2, 0.25) is 10.0 Å². The molecule has 0 bridgehead atoms. The molecule has 2 saturated heterocycles. The van der Waals surface area contributed by atoms with Gasteiger partial charge in [0.25, 0.3) is 5.82 Å². The minimum absolute atomic E-state index is 0.322. The predicted octanol–water partition coefficient (Wildman–Crippen LogP) is 0.122. The lowest BCUT2D eigenvalue weighted by Crippen LogP contribution is -2.41. The average molecular weight is 298 g/mol. The Hall–Kier alpha value is -1.18. The first-order chi connectivity index (χ1) is 9.68. The zero-order valence-corrected chi connectivity index (χ0v) is 12.2. The number of nitrogens with zero attached hydrogens (tertiary/aromatic N) is 2. The fourth-order valence-corrected chi connectivity index (χ4v) is 4.03. The van der Waals surface area contributed by atoms with Gasteiger partial charge in [-0.25, -0.2) is 13.4 Å². The molecule has 1 aromatic heterocycles. The van der Waals surface area contributed by atoms with Crippen LogP contribution in [0, 0.1) is 0 Å². The quantitative estimate of drug-likeness (QED) is 0.795. The Balaban J connectivity index is 1.79. The molecule has 0 radical (unpaired) electrons. The molecule has 0 spiro atoms. The van der Waals surface area contributed by atoms with Crippen LogP contribution in [-0.2, 0) is 14.8 Å². The maximum absolute atomic E-state index is 12.5. The van der Waals surface area contributed by atoms with Gasteiger partial charge < -0.3 is 4.74 Å². The van der Waals surface area contributed by atoms with Gasteiger partial charge in [-0.05, 0) is 18.9 Å². The fourth-order valence-electron chi connectivity index (χ4n) is 2.65. The lowest BCUT2D eigenvalue weighted by Gasteiger charge is -2.25. The summed E-state index contributed by atoms with van der Waals surface area (Å²) in [5, 5.41) is 0. The third kappa shape index (κ3) is 2.65. The molecule has 6 nitrogen and oxygen atoms in total. The molecular formula is C13H20N3O3S+. The van der Waals surface area contributed by atoms with E-state index in [4.69, 9.17) is 4.74 Å². The molecular weight excluding hydrogens is 278 g/mol. The highest BCUT2D eigenvalue weighted by Crippen LogP contribution is 2.19. The monoisotopic (exact) mass is 298 g/mol. The van der Waals surface area contributed by atoms with Crippen molar-refractivity contribution in [2.24, 2.45) is 0 Å². The van der Waals surface area contributed by atoms with E-state index in [1.165, 1.54) is 17.1 Å². The van der Waals surface area contributed by atoms with Crippen molar-refractivity contribution < 1.29 is 18.1 Å². The van der Waals surface area contributed by atoms with Crippen LogP contribution in [0.2, 0.25) is 0 Å². The van der Waals surface area contributed by atoms with Crippen molar-refractivity contribution in [3.63, 3.8) is 0 Å². The minimum Gasteiger partial charge on any atom is -0.379 e. The number of aromatic nitrogens is 1. The van der Waals surface area contributed by atoms with E-state index in [0.717, 1.165) is 18.9 Å². The maximum Gasteiger partial charge on any atom is 0.274 e. The van der Waals surface area contributed by atoms with Crippen molar-refractivity contribution in [1.29, 1.82) is 0 Å². The number of morpholine rings is 1. The van der Waals surface area contributed by atoms with Crippen molar-refractivity contribution in [3.05, 3.63) is 18.3 Å². The van der Waals surface area contributed by atoms with Crippen LogP contribution in [0.25, 0.3) is 0 Å². The van der Waals surface area contributed by atoms with Gasteiger partial charge in [0.05, 0.1) is 26.3 Å². The van der Waals surface area contributed by atoms with E-state index in [0.29, 0.717) is 31.2 Å². The Labute approximate surface area is 119 Å². The van der Waals surface area contributed by atoms with Gasteiger partial charge in [0.1, 0.15) is 11.1 Å². The molecule has 3 rings (SSSR count). The van der Waals surface area contributed by atoms with Gasteiger partial charge in [-0.2, -0.15) is 4.31 Å². The predicted molar refractivity (Wildman–Crippen MR) is 74.0 cm³/mol. The van der Waals surface area contributed by atoms with Crippen LogP contribution in [0.15, 0.2) is 23.2 Å². The number of hydrogen-bond acceptors (Lipinski definition) is 4. The van der Waals surface area contributed by atoms with Gasteiger partial charge in [-0.1, -0.05) is 0 Å². The van der Waals surface area contributed by atoms with Crippen molar-refractivity contribution in [1.82, 2.24) is 4.31 Å². The van der Waals surface area contributed by atoms with Crippen LogP contribution < -0.4 is 9.88 Å². The van der Waals surface area contributed by atoms with Gasteiger partial charge in [0, 0.05) is 19.2 Å². The Morgan fingerprint density at radius 1 is 1.05 bits per heavy atom. The van der Waals surface area contributed by atoms with Crippen molar-refractivity contribution >= 4 is 15.8 Å². The van der Waals surface area contributed by atoms with Crippen molar-refractivity contribution in [2.45, 2.75) is 17.7 Å². The number of rotatable bonds is 3. The second-order valence-corrected chi connectivity index (χ2v) is 7.06. The highest BCUT2D eigenvalue weighted by Gasteiger charge is 2.28. The van der Waals surface area contributed by atoms with Crippen LogP contribution >= 0.6 is 0 Å². The lowest BCUT2D eigenvalue weighted by molar-refractivity contribution is -0.367. The SMILES string of the molecule is O=S(=O)(c1ccc(N2CCCC2)[nH+]c1)N1CCOCC1. The summed E-state index contributed by atoms with van der Waals surface area (Å²) in [7, 11) is -3.40. The molecule has 0 atom stereocenters. The number of anilines is 1. The number of aromatic amines is 1. The Morgan fingerprint density at radius 3 is 2.35 bits per heavy atom. The van der Waals surface area contributed by atoms with Crippen LogP contribution in [-0.4, -0.2) is 52.1 Å². The lowest BCUT2D eigenvalue weighted by atomic mass is 10.4. The first kappa shape index (κ1) is 13.8. The summed E-state index contributed by atoms with van der Waals surface area (Å²) in [6.45, 7) is 3.86. The number of hydrogen-bond donors (Lipinski definition) is 0. The van der Waals surface area contributed by atoms with Gasteiger partial charge in [0.15, 0.2) is 0 Å². The molecule has 1 aromatic rings. The number of nitrogens with one attached hydrogen (secondary N) is 1. The van der Waals surface area contributed by atoms with E-state index in [1.54, 1.807) is 12.3 Å². The molecule has 3 heterocycles. The molecule has 0 unspecified atom stereocenters. The highest BCUT2D eigenvalue weighted by molar-refractivity contribution is 7.89. The van der Waals surface area contributed by atoms with E-state index < -0.39 is 10.0 Å². The smallest absolute Gasteiger partial charge is 0.274 e. The Morgan fingerprint density at radius 2 is 1.75 bits per heavy atom. The Kier molecular flexibility index (Phi) is 3.91. The molecule has 0 aliphatic carbocycles. The summed E-state index contributed by atoms with van der Waals surface area (Å²) in [6, 6.07) is 3.55. The van der Waals surface area contributed by atoms with Crippen molar-refractivity contribution in [2.75, 3.05) is 44.3 Å². The van der Waals surface area contributed by atoms with Crippen LogP contribution in [0.4, 0.5) is 5.82 Å². The van der Waals surface area contributed by atoms with E-state index in [9.17, 15) is 8.42 Å². The molecule has 0 aromatic carbocycles. The normalized spacial score (nSPS) is 21.3. The van der Waals surface area contributed by atoms with Crippen molar-refractivity contribution in [3.8, 4) is 0 Å². The molecule has 0 amide bonds. The second kappa shape index (κ2) is 5.67. The minimum atomic E-state index is -3.40. The number of H-pyrrole nitrogens is 1. The van der Waals surface area contributed by atoms with E-state index in [1.807, 2.05) is 6.07 Å². The van der Waals surface area contributed by atoms with Gasteiger partial charge in [-0.3, -0.25) is 4.90 Å². The summed E-state index contributed by atoms with van der Waals surface area (Å²) >= 11 is 0. The van der Waals surface area contributed by atoms with Crippen LogP contribution in [0.3, 0.4) is 0 Å². The maximum atomic E-state index is 12.5. The molecule has 2 fully saturated rings. The summed E-state index contributed by atoms with van der Waals surface area (Å²) < 4.78 is 31.6. The van der Waals surface area contributed by atoms with Gasteiger partial charge >= 0.3 is 0 Å². The van der Waals surface area contributed by atoms with Crippen LogP contribution in [0.1, 0.15) is 12.8 Å². The molecule has 2 aliphatic heterocycles. The molecule has 2 aliphatic rings. The molecule has 0 saturated carbocycles. The first-order valence-electron chi connectivity index (χ1n) is 7.02. The molecule has 20 heavy (non-hydrogen) atoms. The summed E-state index contributed by atoms with van der Waals surface area (Å²) in [5.41, 5.74) is 0. The summed E-state index contributed by atoms with van der Waals surface area (Å²) in [4.78, 5) is 5.68. The first-order valence-corrected chi connectivity index (χ1v) is 8.46. The molecule has 1 N–H and O–H groups in total. The zero-order valence-electron chi connectivity index (χ0n) is 11.4. The van der Waals surface area contributed by atoms with E-state index >= 15 is 0 Å². The third-order valence-corrected chi connectivity index (χ3v) is 5.72. The topological polar surface area (TPSA) is 64.0 Å².